The SMILES string of the molecule is CCOC(=O)c1nnn(-c2ccc(O)c(C(=O)O)c2)c1N. The number of ether oxygens (including phenoxy) is 1. The summed E-state index contributed by atoms with van der Waals surface area (Å²) in [6.45, 7) is 1.80. The molecule has 9 heteroatoms. The Kier molecular flexibility index (Phi) is 3.74. The summed E-state index contributed by atoms with van der Waals surface area (Å²) >= 11 is 0. The van der Waals surface area contributed by atoms with Crippen LogP contribution >= 0.6 is 0 Å². The van der Waals surface area contributed by atoms with Gasteiger partial charge in [-0.1, -0.05) is 5.21 Å². The van der Waals surface area contributed by atoms with E-state index < -0.39 is 17.7 Å². The Morgan fingerprint density at radius 3 is 2.76 bits per heavy atom. The zero-order valence-electron chi connectivity index (χ0n) is 11.0. The van der Waals surface area contributed by atoms with Crippen LogP contribution in [-0.4, -0.2) is 43.8 Å². The zero-order chi connectivity index (χ0) is 15.6. The van der Waals surface area contributed by atoms with Crippen LogP contribution in [0.25, 0.3) is 5.69 Å². The molecule has 0 aliphatic heterocycles. The number of nitrogens with two attached hydrogens (primary N) is 1. The van der Waals surface area contributed by atoms with Gasteiger partial charge in [-0.3, -0.25) is 0 Å². The van der Waals surface area contributed by atoms with Crippen molar-refractivity contribution in [2.75, 3.05) is 12.3 Å². The summed E-state index contributed by atoms with van der Waals surface area (Å²) in [6.07, 6.45) is 0. The Morgan fingerprint density at radius 1 is 1.43 bits per heavy atom. The van der Waals surface area contributed by atoms with Gasteiger partial charge in [-0.15, -0.1) is 5.10 Å². The lowest BCUT2D eigenvalue weighted by atomic mass is 10.2. The number of esters is 1. The molecular weight excluding hydrogens is 280 g/mol. The number of aromatic carboxylic acids is 1. The Labute approximate surface area is 118 Å². The molecular formula is C12H12N4O5. The molecule has 1 heterocycles. The van der Waals surface area contributed by atoms with Crippen LogP contribution in [0.3, 0.4) is 0 Å². The number of carboxylic acids is 1. The highest BCUT2D eigenvalue weighted by atomic mass is 16.5. The van der Waals surface area contributed by atoms with Gasteiger partial charge in [0.15, 0.2) is 5.82 Å². The first-order chi connectivity index (χ1) is 9.95. The molecule has 0 unspecified atom stereocenters. The van der Waals surface area contributed by atoms with Crippen molar-refractivity contribution in [1.82, 2.24) is 15.0 Å². The van der Waals surface area contributed by atoms with Gasteiger partial charge in [-0.05, 0) is 25.1 Å². The fourth-order valence-corrected chi connectivity index (χ4v) is 1.65. The van der Waals surface area contributed by atoms with Crippen LogP contribution in [0.2, 0.25) is 0 Å². The number of phenols is 1. The molecule has 0 bridgehead atoms. The number of nitrogens with zero attached hydrogens (tertiary/aromatic N) is 3. The van der Waals surface area contributed by atoms with Crippen LogP contribution < -0.4 is 5.73 Å². The molecule has 1 aromatic heterocycles. The second-order valence-corrected chi connectivity index (χ2v) is 3.96. The van der Waals surface area contributed by atoms with E-state index in [1.54, 1.807) is 6.92 Å². The molecule has 0 saturated carbocycles. The van der Waals surface area contributed by atoms with Gasteiger partial charge < -0.3 is 20.7 Å². The van der Waals surface area contributed by atoms with E-state index in [0.29, 0.717) is 0 Å². The lowest BCUT2D eigenvalue weighted by Gasteiger charge is -2.06. The maximum atomic E-state index is 11.6. The molecule has 2 rings (SSSR count). The normalized spacial score (nSPS) is 10.3. The molecule has 21 heavy (non-hydrogen) atoms. The van der Waals surface area contributed by atoms with Crippen LogP contribution in [0.1, 0.15) is 27.8 Å². The molecule has 0 fully saturated rings. The molecule has 0 atom stereocenters. The summed E-state index contributed by atoms with van der Waals surface area (Å²) < 4.78 is 5.85. The van der Waals surface area contributed by atoms with Crippen LogP contribution in [0.4, 0.5) is 5.82 Å². The maximum absolute atomic E-state index is 11.6. The standard InChI is InChI=1S/C12H12N4O5/c1-2-21-12(20)9-10(13)16(15-14-9)6-3-4-8(17)7(5-6)11(18)19/h3-5,17H,2,13H2,1H3,(H,18,19). The molecule has 2 aromatic rings. The fourth-order valence-electron chi connectivity index (χ4n) is 1.65. The van der Waals surface area contributed by atoms with E-state index in [2.05, 4.69) is 10.3 Å². The average molecular weight is 292 g/mol. The van der Waals surface area contributed by atoms with E-state index in [-0.39, 0.29) is 29.4 Å². The second-order valence-electron chi connectivity index (χ2n) is 3.96. The van der Waals surface area contributed by atoms with E-state index >= 15 is 0 Å². The van der Waals surface area contributed by atoms with Gasteiger partial charge in [0.05, 0.1) is 12.3 Å². The number of carboxylic acid groups (broad SMARTS) is 1. The van der Waals surface area contributed by atoms with Crippen molar-refractivity contribution in [1.29, 1.82) is 0 Å². The number of aromatic hydroxyl groups is 1. The summed E-state index contributed by atoms with van der Waals surface area (Å²) in [4.78, 5) is 22.6. The van der Waals surface area contributed by atoms with E-state index in [9.17, 15) is 14.7 Å². The van der Waals surface area contributed by atoms with Gasteiger partial charge in [0, 0.05) is 0 Å². The molecule has 9 nitrogen and oxygen atoms in total. The van der Waals surface area contributed by atoms with Gasteiger partial charge in [-0.2, -0.15) is 4.68 Å². The third-order valence-electron chi connectivity index (χ3n) is 2.63. The molecule has 110 valence electrons. The van der Waals surface area contributed by atoms with Crippen molar-refractivity contribution in [3.63, 3.8) is 0 Å². The van der Waals surface area contributed by atoms with Crippen LogP contribution in [0.15, 0.2) is 18.2 Å². The second kappa shape index (κ2) is 5.49. The van der Waals surface area contributed by atoms with Crippen LogP contribution in [0.5, 0.6) is 5.75 Å². The minimum atomic E-state index is -1.31. The van der Waals surface area contributed by atoms with Crippen molar-refractivity contribution in [2.24, 2.45) is 0 Å². The van der Waals surface area contributed by atoms with E-state index in [1.807, 2.05) is 0 Å². The van der Waals surface area contributed by atoms with Gasteiger partial charge >= 0.3 is 11.9 Å². The summed E-state index contributed by atoms with van der Waals surface area (Å²) in [5.41, 5.74) is 5.52. The monoisotopic (exact) mass is 292 g/mol. The number of hydrogen-bond acceptors (Lipinski definition) is 7. The predicted molar refractivity (Wildman–Crippen MR) is 70.4 cm³/mol. The summed E-state index contributed by atoms with van der Waals surface area (Å²) in [7, 11) is 0. The lowest BCUT2D eigenvalue weighted by molar-refractivity contribution is 0.0520. The van der Waals surface area contributed by atoms with Gasteiger partial charge in [-0.25, -0.2) is 9.59 Å². The molecule has 4 N–H and O–H groups in total. The topological polar surface area (TPSA) is 141 Å². The molecule has 0 aliphatic rings. The lowest BCUT2D eigenvalue weighted by Crippen LogP contribution is -2.10. The van der Waals surface area contributed by atoms with Gasteiger partial charge in [0.1, 0.15) is 11.3 Å². The van der Waals surface area contributed by atoms with Crippen molar-refractivity contribution in [3.05, 3.63) is 29.5 Å². The number of hydrogen-bond donors (Lipinski definition) is 3. The van der Waals surface area contributed by atoms with Crippen molar-refractivity contribution in [2.45, 2.75) is 6.92 Å². The Balaban J connectivity index is 2.46. The fraction of sp³-hybridized carbons (Fsp3) is 0.167. The minimum absolute atomic E-state index is 0.0875. The number of rotatable bonds is 4. The quantitative estimate of drug-likeness (QED) is 0.689. The van der Waals surface area contributed by atoms with Crippen LogP contribution in [-0.2, 0) is 4.74 Å². The number of anilines is 1. The molecule has 0 radical (unpaired) electrons. The van der Waals surface area contributed by atoms with E-state index in [4.69, 9.17) is 15.6 Å². The van der Waals surface area contributed by atoms with Crippen molar-refractivity contribution >= 4 is 17.8 Å². The third-order valence-corrected chi connectivity index (χ3v) is 2.63. The number of carbonyl (C=O) groups excluding carboxylic acids is 1. The Morgan fingerprint density at radius 2 is 2.14 bits per heavy atom. The zero-order valence-corrected chi connectivity index (χ0v) is 11.0. The molecule has 0 saturated heterocycles. The number of aromatic nitrogens is 3. The highest BCUT2D eigenvalue weighted by Gasteiger charge is 2.20. The van der Waals surface area contributed by atoms with E-state index in [0.717, 1.165) is 10.7 Å². The molecule has 0 aliphatic carbocycles. The van der Waals surface area contributed by atoms with Crippen molar-refractivity contribution < 1.29 is 24.5 Å². The first-order valence-corrected chi connectivity index (χ1v) is 5.90. The smallest absolute Gasteiger partial charge is 0.362 e. The third kappa shape index (κ3) is 2.61. The number of benzene rings is 1. The highest BCUT2D eigenvalue weighted by Crippen LogP contribution is 2.23. The van der Waals surface area contributed by atoms with Gasteiger partial charge in [0.25, 0.3) is 0 Å². The number of nitrogen functional groups attached to an aromatic ring is 1. The Bertz CT molecular complexity index is 710. The molecule has 0 amide bonds. The Hall–Kier alpha value is -3.10. The molecule has 1 aromatic carbocycles. The minimum Gasteiger partial charge on any atom is -0.507 e. The summed E-state index contributed by atoms with van der Waals surface area (Å²) in [6, 6.07) is 3.74. The predicted octanol–water partition coefficient (Wildman–Crippen LogP) is 0.430. The number of carbonyl (C=O) groups is 2. The van der Waals surface area contributed by atoms with E-state index in [1.165, 1.54) is 12.1 Å². The summed E-state index contributed by atoms with van der Waals surface area (Å²) in [5.74, 6) is -2.51. The first kappa shape index (κ1) is 14.3. The average Bonchev–Trinajstić information content (AvgIpc) is 2.81. The molecule has 0 spiro atoms. The highest BCUT2D eigenvalue weighted by molar-refractivity contribution is 5.93. The first-order valence-electron chi connectivity index (χ1n) is 5.90. The van der Waals surface area contributed by atoms with Crippen molar-refractivity contribution in [3.8, 4) is 11.4 Å². The van der Waals surface area contributed by atoms with Crippen LogP contribution in [0, 0.1) is 0 Å². The summed E-state index contributed by atoms with van der Waals surface area (Å²) in [5, 5.41) is 25.7. The largest absolute Gasteiger partial charge is 0.507 e. The van der Waals surface area contributed by atoms with Gasteiger partial charge in [0.2, 0.25) is 5.69 Å². The maximum Gasteiger partial charge on any atom is 0.362 e.